The van der Waals surface area contributed by atoms with Gasteiger partial charge in [-0.25, -0.2) is 4.98 Å². The third-order valence-corrected chi connectivity index (χ3v) is 5.19. The van der Waals surface area contributed by atoms with Gasteiger partial charge in [-0.2, -0.15) is 0 Å². The summed E-state index contributed by atoms with van der Waals surface area (Å²) in [6.07, 6.45) is 5.34. The van der Waals surface area contributed by atoms with Crippen molar-refractivity contribution in [1.82, 2.24) is 19.8 Å². The molecule has 3 aromatic rings. The van der Waals surface area contributed by atoms with E-state index in [-0.39, 0.29) is 0 Å². The Labute approximate surface area is 180 Å². The molecule has 8 heteroatoms. The number of benzene rings is 1. The number of carbonyl (C=O) groups excluding carboxylic acids is 1. The van der Waals surface area contributed by atoms with Crippen LogP contribution in [0.25, 0.3) is 10.9 Å². The van der Waals surface area contributed by atoms with Crippen LogP contribution in [0.4, 0.5) is 0 Å². The topological polar surface area (TPSA) is 108 Å². The highest BCUT2D eigenvalue weighted by atomic mass is 16.5. The van der Waals surface area contributed by atoms with Gasteiger partial charge in [-0.3, -0.25) is 14.7 Å². The zero-order chi connectivity index (χ0) is 21.6. The molecule has 158 valence electrons. The van der Waals surface area contributed by atoms with Gasteiger partial charge < -0.3 is 20.8 Å². The lowest BCUT2D eigenvalue weighted by Crippen LogP contribution is -2.45. The van der Waals surface area contributed by atoms with E-state index < -0.39 is 0 Å². The maximum Gasteiger partial charge on any atom is 0.219 e. The number of fused-ring (bicyclic) bond motifs is 1. The SMILES string of the molecule is N=C(C=CN)c1ccc(Oc2ccc3nc(CN4CCN(C=O)CC4)ccc3c2)nc1. The van der Waals surface area contributed by atoms with Crippen LogP contribution in [-0.4, -0.2) is 58.1 Å². The quantitative estimate of drug-likeness (QED) is 0.453. The Bertz CT molecular complexity index is 1100. The number of piperazine rings is 1. The van der Waals surface area contributed by atoms with E-state index in [1.165, 1.54) is 12.3 Å². The van der Waals surface area contributed by atoms with Crippen LogP contribution in [0.3, 0.4) is 0 Å². The van der Waals surface area contributed by atoms with Crippen molar-refractivity contribution in [1.29, 1.82) is 5.41 Å². The van der Waals surface area contributed by atoms with E-state index in [0.717, 1.165) is 55.7 Å². The van der Waals surface area contributed by atoms with Crippen LogP contribution in [0.1, 0.15) is 11.3 Å². The number of hydrogen-bond donors (Lipinski definition) is 2. The Hall–Kier alpha value is -3.78. The smallest absolute Gasteiger partial charge is 0.219 e. The van der Waals surface area contributed by atoms with E-state index in [1.54, 1.807) is 23.2 Å². The molecule has 0 bridgehead atoms. The molecule has 3 heterocycles. The first-order valence-corrected chi connectivity index (χ1v) is 10.1. The summed E-state index contributed by atoms with van der Waals surface area (Å²) in [5.74, 6) is 1.12. The molecule has 0 radical (unpaired) electrons. The van der Waals surface area contributed by atoms with Crippen molar-refractivity contribution < 1.29 is 9.53 Å². The monoisotopic (exact) mass is 416 g/mol. The average molecular weight is 416 g/mol. The molecular weight excluding hydrogens is 392 g/mol. The first-order chi connectivity index (χ1) is 15.1. The summed E-state index contributed by atoms with van der Waals surface area (Å²) < 4.78 is 5.86. The second kappa shape index (κ2) is 9.36. The summed E-state index contributed by atoms with van der Waals surface area (Å²) in [6.45, 7) is 4.01. The Balaban J connectivity index is 1.42. The van der Waals surface area contributed by atoms with Crippen molar-refractivity contribution in [3.8, 4) is 11.6 Å². The molecule has 1 aliphatic heterocycles. The molecule has 0 unspecified atom stereocenters. The van der Waals surface area contributed by atoms with Gasteiger partial charge >= 0.3 is 0 Å². The van der Waals surface area contributed by atoms with E-state index in [9.17, 15) is 4.79 Å². The molecule has 0 saturated carbocycles. The standard InChI is InChI=1S/C23H24N6O2/c24-8-7-21(25)18-2-6-23(26-14-18)31-20-4-5-22-17(13-20)1-3-19(27-22)15-28-9-11-29(16-30)12-10-28/h1-8,13-14,16,25H,9-12,15,24H2. The van der Waals surface area contributed by atoms with Crippen LogP contribution < -0.4 is 10.5 Å². The van der Waals surface area contributed by atoms with E-state index in [2.05, 4.69) is 9.88 Å². The lowest BCUT2D eigenvalue weighted by atomic mass is 10.2. The van der Waals surface area contributed by atoms with Gasteiger partial charge in [0.25, 0.3) is 0 Å². The Morgan fingerprint density at radius 3 is 2.68 bits per heavy atom. The Kier molecular flexibility index (Phi) is 6.18. The highest BCUT2D eigenvalue weighted by Gasteiger charge is 2.16. The number of nitrogens with zero attached hydrogens (tertiary/aromatic N) is 4. The molecule has 1 fully saturated rings. The van der Waals surface area contributed by atoms with Gasteiger partial charge in [0, 0.05) is 55.9 Å². The summed E-state index contributed by atoms with van der Waals surface area (Å²) in [7, 11) is 0. The molecule has 1 amide bonds. The minimum Gasteiger partial charge on any atom is -0.439 e. The number of nitrogens with two attached hydrogens (primary N) is 1. The first kappa shape index (κ1) is 20.5. The third-order valence-electron chi connectivity index (χ3n) is 5.19. The number of allylic oxidation sites excluding steroid dienone is 1. The van der Waals surface area contributed by atoms with Gasteiger partial charge in [0.2, 0.25) is 12.3 Å². The highest BCUT2D eigenvalue weighted by molar-refractivity contribution is 6.06. The van der Waals surface area contributed by atoms with Gasteiger partial charge in [-0.1, -0.05) is 6.07 Å². The maximum absolute atomic E-state index is 10.8. The van der Waals surface area contributed by atoms with Crippen molar-refractivity contribution >= 4 is 23.0 Å². The summed E-state index contributed by atoms with van der Waals surface area (Å²) >= 11 is 0. The van der Waals surface area contributed by atoms with E-state index >= 15 is 0 Å². The molecule has 31 heavy (non-hydrogen) atoms. The lowest BCUT2D eigenvalue weighted by Gasteiger charge is -2.32. The molecule has 1 aromatic carbocycles. The van der Waals surface area contributed by atoms with E-state index in [0.29, 0.717) is 22.9 Å². The van der Waals surface area contributed by atoms with Gasteiger partial charge in [-0.15, -0.1) is 0 Å². The minimum absolute atomic E-state index is 0.291. The number of nitrogens with one attached hydrogen (secondary N) is 1. The summed E-state index contributed by atoms with van der Waals surface area (Å²) in [6, 6.07) is 13.3. The van der Waals surface area contributed by atoms with Crippen molar-refractivity contribution in [2.45, 2.75) is 6.54 Å². The normalized spacial score (nSPS) is 14.8. The second-order valence-electron chi connectivity index (χ2n) is 7.33. The number of pyridine rings is 2. The molecule has 0 spiro atoms. The third kappa shape index (κ3) is 5.04. The van der Waals surface area contributed by atoms with Crippen LogP contribution >= 0.6 is 0 Å². The van der Waals surface area contributed by atoms with Crippen molar-refractivity contribution in [2.24, 2.45) is 5.73 Å². The second-order valence-corrected chi connectivity index (χ2v) is 7.33. The number of aromatic nitrogens is 2. The van der Waals surface area contributed by atoms with Crippen molar-refractivity contribution in [2.75, 3.05) is 26.2 Å². The Morgan fingerprint density at radius 2 is 1.97 bits per heavy atom. The fraction of sp³-hybridized carbons (Fsp3) is 0.217. The van der Waals surface area contributed by atoms with E-state index in [4.69, 9.17) is 20.9 Å². The Morgan fingerprint density at radius 1 is 1.13 bits per heavy atom. The average Bonchev–Trinajstić information content (AvgIpc) is 2.80. The van der Waals surface area contributed by atoms with Crippen LogP contribution in [-0.2, 0) is 11.3 Å². The van der Waals surface area contributed by atoms with E-state index in [1.807, 2.05) is 30.3 Å². The molecule has 4 rings (SSSR count). The van der Waals surface area contributed by atoms with Gasteiger partial charge in [0.1, 0.15) is 5.75 Å². The molecule has 3 N–H and O–H groups in total. The molecule has 0 atom stereocenters. The fourth-order valence-electron chi connectivity index (χ4n) is 3.47. The molecule has 2 aromatic heterocycles. The number of amides is 1. The largest absolute Gasteiger partial charge is 0.439 e. The molecule has 1 aliphatic rings. The highest BCUT2D eigenvalue weighted by Crippen LogP contribution is 2.24. The zero-order valence-electron chi connectivity index (χ0n) is 17.1. The predicted molar refractivity (Wildman–Crippen MR) is 119 cm³/mol. The number of hydrogen-bond acceptors (Lipinski definition) is 7. The summed E-state index contributed by atoms with van der Waals surface area (Å²) in [5.41, 5.74) is 8.19. The number of ether oxygens (including phenoxy) is 1. The molecule has 1 saturated heterocycles. The van der Waals surface area contributed by atoms with Crippen LogP contribution in [0.2, 0.25) is 0 Å². The summed E-state index contributed by atoms with van der Waals surface area (Å²) in [5, 5.41) is 8.84. The van der Waals surface area contributed by atoms with Crippen LogP contribution in [0.15, 0.2) is 60.9 Å². The van der Waals surface area contributed by atoms with Gasteiger partial charge in [0.05, 0.1) is 16.9 Å². The molecule has 8 nitrogen and oxygen atoms in total. The predicted octanol–water partition coefficient (Wildman–Crippen LogP) is 2.54. The number of rotatable bonds is 7. The maximum atomic E-state index is 10.8. The van der Waals surface area contributed by atoms with Gasteiger partial charge in [-0.05, 0) is 42.6 Å². The number of carbonyl (C=O) groups is 1. The zero-order valence-corrected chi connectivity index (χ0v) is 17.1. The van der Waals surface area contributed by atoms with Gasteiger partial charge in [0.15, 0.2) is 0 Å². The first-order valence-electron chi connectivity index (χ1n) is 10.1. The minimum atomic E-state index is 0.291. The molecule has 0 aliphatic carbocycles. The van der Waals surface area contributed by atoms with Crippen molar-refractivity contribution in [3.05, 3.63) is 72.2 Å². The van der Waals surface area contributed by atoms with Crippen LogP contribution in [0.5, 0.6) is 11.6 Å². The summed E-state index contributed by atoms with van der Waals surface area (Å²) in [4.78, 5) is 24.0. The van der Waals surface area contributed by atoms with Crippen LogP contribution in [0, 0.1) is 5.41 Å². The van der Waals surface area contributed by atoms with Crippen molar-refractivity contribution in [3.63, 3.8) is 0 Å². The lowest BCUT2D eigenvalue weighted by molar-refractivity contribution is -0.119. The molecular formula is C23H24N6O2. The fourth-order valence-corrected chi connectivity index (χ4v) is 3.47.